The minimum absolute atomic E-state index is 0.0661. The number of likely N-dealkylation sites (tertiary alicyclic amines) is 1. The lowest BCUT2D eigenvalue weighted by atomic mass is 10.1. The number of nitrogens with two attached hydrogens (primary N) is 1. The van der Waals surface area contributed by atoms with Gasteiger partial charge in [-0.3, -0.25) is 4.79 Å². The molecule has 116 valence electrons. The molecule has 1 aromatic heterocycles. The minimum Gasteiger partial charge on any atom is -0.397 e. The van der Waals surface area contributed by atoms with Gasteiger partial charge in [0.2, 0.25) is 10.0 Å². The standard InChI is InChI=1S/C13H20N4O3S/c1-2-21(19,20)16-10-5-8-17(9-6-10)13(18)12-11(14)4-3-7-15-12/h3-4,7,10,16H,2,5-6,8-9,14H2,1H3. The van der Waals surface area contributed by atoms with Crippen LogP contribution >= 0.6 is 0 Å². The summed E-state index contributed by atoms with van der Waals surface area (Å²) in [6, 6.07) is 3.21. The number of amides is 1. The molecule has 1 amide bonds. The molecule has 7 nitrogen and oxygen atoms in total. The number of carbonyl (C=O) groups excluding carboxylic acids is 1. The fraction of sp³-hybridized carbons (Fsp3) is 0.538. The zero-order valence-electron chi connectivity index (χ0n) is 11.9. The monoisotopic (exact) mass is 312 g/mol. The summed E-state index contributed by atoms with van der Waals surface area (Å²) in [6.07, 6.45) is 2.72. The van der Waals surface area contributed by atoms with Crippen LogP contribution in [0.1, 0.15) is 30.3 Å². The first-order valence-corrected chi connectivity index (χ1v) is 8.58. The van der Waals surface area contributed by atoms with Crippen molar-refractivity contribution in [2.24, 2.45) is 0 Å². The Balaban J connectivity index is 1.95. The Morgan fingerprint density at radius 1 is 1.48 bits per heavy atom. The van der Waals surface area contributed by atoms with E-state index in [9.17, 15) is 13.2 Å². The van der Waals surface area contributed by atoms with E-state index in [0.717, 1.165) is 0 Å². The van der Waals surface area contributed by atoms with Crippen molar-refractivity contribution in [3.05, 3.63) is 24.0 Å². The largest absolute Gasteiger partial charge is 0.397 e. The number of hydrogen-bond acceptors (Lipinski definition) is 5. The summed E-state index contributed by atoms with van der Waals surface area (Å²) in [6.45, 7) is 2.59. The van der Waals surface area contributed by atoms with Crippen LogP contribution in [0.15, 0.2) is 18.3 Å². The number of aromatic nitrogens is 1. The van der Waals surface area contributed by atoms with Gasteiger partial charge in [0.15, 0.2) is 5.69 Å². The maximum Gasteiger partial charge on any atom is 0.274 e. The number of piperidine rings is 1. The van der Waals surface area contributed by atoms with E-state index in [1.807, 2.05) is 0 Å². The van der Waals surface area contributed by atoms with Crippen molar-refractivity contribution in [2.75, 3.05) is 24.6 Å². The molecule has 0 unspecified atom stereocenters. The van der Waals surface area contributed by atoms with Crippen LogP contribution in [0.25, 0.3) is 0 Å². The molecule has 1 aliphatic rings. The molecule has 1 saturated heterocycles. The Labute approximate surface area is 124 Å². The summed E-state index contributed by atoms with van der Waals surface area (Å²) in [4.78, 5) is 18.0. The third-order valence-electron chi connectivity index (χ3n) is 3.55. The first-order chi connectivity index (χ1) is 9.93. The lowest BCUT2D eigenvalue weighted by Crippen LogP contribution is -2.47. The number of anilines is 1. The fourth-order valence-electron chi connectivity index (χ4n) is 2.28. The van der Waals surface area contributed by atoms with Gasteiger partial charge in [0.1, 0.15) is 0 Å². The average molecular weight is 312 g/mol. The number of nitrogens with one attached hydrogen (secondary N) is 1. The maximum atomic E-state index is 12.3. The van der Waals surface area contributed by atoms with Gasteiger partial charge in [0.05, 0.1) is 11.4 Å². The van der Waals surface area contributed by atoms with Crippen molar-refractivity contribution in [3.8, 4) is 0 Å². The second-order valence-electron chi connectivity index (χ2n) is 5.03. The van der Waals surface area contributed by atoms with E-state index in [-0.39, 0.29) is 23.4 Å². The van der Waals surface area contributed by atoms with Crippen molar-refractivity contribution in [3.63, 3.8) is 0 Å². The highest BCUT2D eigenvalue weighted by Crippen LogP contribution is 2.16. The number of hydrogen-bond donors (Lipinski definition) is 2. The molecule has 2 rings (SSSR count). The number of carbonyl (C=O) groups is 1. The van der Waals surface area contributed by atoms with Gasteiger partial charge in [-0.2, -0.15) is 0 Å². The molecular weight excluding hydrogens is 292 g/mol. The normalized spacial score (nSPS) is 16.9. The number of pyridine rings is 1. The highest BCUT2D eigenvalue weighted by atomic mass is 32.2. The van der Waals surface area contributed by atoms with Crippen molar-refractivity contribution >= 4 is 21.6 Å². The zero-order chi connectivity index (χ0) is 15.5. The van der Waals surface area contributed by atoms with Crippen LogP contribution in [0, 0.1) is 0 Å². The van der Waals surface area contributed by atoms with E-state index in [1.165, 1.54) is 6.20 Å². The molecule has 0 bridgehead atoms. The summed E-state index contributed by atoms with van der Waals surface area (Å²) in [5, 5.41) is 0. The quantitative estimate of drug-likeness (QED) is 0.826. The SMILES string of the molecule is CCS(=O)(=O)NC1CCN(C(=O)c2ncccc2N)CC1. The van der Waals surface area contributed by atoms with E-state index >= 15 is 0 Å². The van der Waals surface area contributed by atoms with Crippen molar-refractivity contribution in [2.45, 2.75) is 25.8 Å². The summed E-state index contributed by atoms with van der Waals surface area (Å²) >= 11 is 0. The van der Waals surface area contributed by atoms with Crippen LogP contribution in [0.5, 0.6) is 0 Å². The van der Waals surface area contributed by atoms with Crippen LogP contribution in [-0.2, 0) is 10.0 Å². The third kappa shape index (κ3) is 3.92. The zero-order valence-corrected chi connectivity index (χ0v) is 12.8. The lowest BCUT2D eigenvalue weighted by molar-refractivity contribution is 0.0706. The van der Waals surface area contributed by atoms with Crippen LogP contribution < -0.4 is 10.5 Å². The van der Waals surface area contributed by atoms with E-state index < -0.39 is 10.0 Å². The van der Waals surface area contributed by atoms with Gasteiger partial charge in [-0.15, -0.1) is 0 Å². The number of nitrogen functional groups attached to an aromatic ring is 1. The van der Waals surface area contributed by atoms with Crippen LogP contribution in [0.3, 0.4) is 0 Å². The van der Waals surface area contributed by atoms with Gasteiger partial charge in [-0.25, -0.2) is 18.1 Å². The molecule has 2 heterocycles. The highest BCUT2D eigenvalue weighted by molar-refractivity contribution is 7.89. The summed E-state index contributed by atoms with van der Waals surface area (Å²) in [5.41, 5.74) is 6.37. The first-order valence-electron chi connectivity index (χ1n) is 6.92. The molecule has 0 aliphatic carbocycles. The Bertz CT molecular complexity index is 610. The lowest BCUT2D eigenvalue weighted by Gasteiger charge is -2.32. The molecule has 0 radical (unpaired) electrons. The van der Waals surface area contributed by atoms with Crippen LogP contribution in [0.4, 0.5) is 5.69 Å². The molecule has 3 N–H and O–H groups in total. The predicted molar refractivity (Wildman–Crippen MR) is 80.2 cm³/mol. The summed E-state index contributed by atoms with van der Waals surface area (Å²) in [5.74, 6) is -0.138. The van der Waals surface area contributed by atoms with E-state index in [1.54, 1.807) is 24.0 Å². The van der Waals surface area contributed by atoms with Crippen LogP contribution in [0.2, 0.25) is 0 Å². The molecule has 1 fully saturated rings. The smallest absolute Gasteiger partial charge is 0.274 e. The number of rotatable bonds is 4. The predicted octanol–water partition coefficient (Wildman–Crippen LogP) is 0.208. The number of sulfonamides is 1. The molecule has 0 aromatic carbocycles. The first kappa shape index (κ1) is 15.7. The van der Waals surface area contributed by atoms with Crippen molar-refractivity contribution < 1.29 is 13.2 Å². The fourth-order valence-corrected chi connectivity index (χ4v) is 3.19. The molecule has 1 aromatic rings. The molecule has 0 spiro atoms. The average Bonchev–Trinajstić information content (AvgIpc) is 2.47. The molecular formula is C13H20N4O3S. The Hall–Kier alpha value is -1.67. The summed E-state index contributed by atoms with van der Waals surface area (Å²) in [7, 11) is -3.20. The Morgan fingerprint density at radius 2 is 2.14 bits per heavy atom. The maximum absolute atomic E-state index is 12.3. The second-order valence-corrected chi connectivity index (χ2v) is 7.07. The topological polar surface area (TPSA) is 105 Å². The molecule has 8 heteroatoms. The highest BCUT2D eigenvalue weighted by Gasteiger charge is 2.27. The van der Waals surface area contributed by atoms with E-state index in [2.05, 4.69) is 9.71 Å². The van der Waals surface area contributed by atoms with Gasteiger partial charge in [-0.05, 0) is 31.9 Å². The Kier molecular flexibility index (Phi) is 4.79. The second kappa shape index (κ2) is 6.40. The molecule has 1 aliphatic heterocycles. The van der Waals surface area contributed by atoms with Gasteiger partial charge >= 0.3 is 0 Å². The van der Waals surface area contributed by atoms with Gasteiger partial charge < -0.3 is 10.6 Å². The number of nitrogens with zero attached hydrogens (tertiary/aromatic N) is 2. The molecule has 0 atom stereocenters. The van der Waals surface area contributed by atoms with E-state index in [4.69, 9.17) is 5.73 Å². The molecule has 0 saturated carbocycles. The van der Waals surface area contributed by atoms with Crippen LogP contribution in [-0.4, -0.2) is 49.1 Å². The van der Waals surface area contributed by atoms with Gasteiger partial charge in [0, 0.05) is 25.3 Å². The third-order valence-corrected chi connectivity index (χ3v) is 5.00. The van der Waals surface area contributed by atoms with Crippen molar-refractivity contribution in [1.82, 2.24) is 14.6 Å². The molecule has 21 heavy (non-hydrogen) atoms. The summed E-state index contributed by atoms with van der Waals surface area (Å²) < 4.78 is 25.7. The minimum atomic E-state index is -3.20. The van der Waals surface area contributed by atoms with E-state index in [0.29, 0.717) is 31.6 Å². The van der Waals surface area contributed by atoms with Crippen molar-refractivity contribution in [1.29, 1.82) is 0 Å². The Morgan fingerprint density at radius 3 is 2.71 bits per heavy atom. The van der Waals surface area contributed by atoms with Gasteiger partial charge in [0.25, 0.3) is 5.91 Å². The van der Waals surface area contributed by atoms with Gasteiger partial charge in [-0.1, -0.05) is 0 Å².